The zero-order valence-electron chi connectivity index (χ0n) is 15.5. The lowest BCUT2D eigenvalue weighted by atomic mass is 9.92. The van der Waals surface area contributed by atoms with E-state index in [1.807, 2.05) is 0 Å². The standard InChI is InChI=1S/C19H23FN6O2/c20-15-10-23-19(24-14-3-1-13(21)2-4-14)25-18(15)12-5-6-22-16(9-12)26-7-8-28-11-17(26)27/h5-6,9-10,13-14H,1-4,7-8,11,21H2,(H,23,24,25). The van der Waals surface area contributed by atoms with Gasteiger partial charge in [0.2, 0.25) is 5.95 Å². The third-order valence-electron chi connectivity index (χ3n) is 5.13. The highest BCUT2D eigenvalue weighted by Crippen LogP contribution is 2.26. The summed E-state index contributed by atoms with van der Waals surface area (Å²) in [6, 6.07) is 3.82. The van der Waals surface area contributed by atoms with E-state index in [-0.39, 0.29) is 30.3 Å². The minimum atomic E-state index is -0.526. The second-order valence-corrected chi connectivity index (χ2v) is 7.15. The molecule has 2 fully saturated rings. The zero-order valence-corrected chi connectivity index (χ0v) is 15.5. The van der Waals surface area contributed by atoms with Crippen LogP contribution < -0.4 is 16.0 Å². The number of anilines is 2. The van der Waals surface area contributed by atoms with Crippen molar-refractivity contribution in [3.63, 3.8) is 0 Å². The van der Waals surface area contributed by atoms with E-state index in [0.29, 0.717) is 30.5 Å². The molecule has 148 valence electrons. The fourth-order valence-corrected chi connectivity index (χ4v) is 3.56. The molecule has 3 N–H and O–H groups in total. The first-order valence-corrected chi connectivity index (χ1v) is 9.49. The van der Waals surface area contributed by atoms with Gasteiger partial charge in [-0.05, 0) is 37.8 Å². The van der Waals surface area contributed by atoms with Crippen LogP contribution in [0.4, 0.5) is 16.2 Å². The smallest absolute Gasteiger partial charge is 0.254 e. The normalized spacial score (nSPS) is 22.9. The molecule has 1 saturated carbocycles. The lowest BCUT2D eigenvalue weighted by Crippen LogP contribution is -2.42. The third-order valence-corrected chi connectivity index (χ3v) is 5.13. The predicted octanol–water partition coefficient (Wildman–Crippen LogP) is 1.72. The Morgan fingerprint density at radius 3 is 2.86 bits per heavy atom. The molecular weight excluding hydrogens is 363 g/mol. The maximum Gasteiger partial charge on any atom is 0.254 e. The van der Waals surface area contributed by atoms with Crippen LogP contribution in [-0.2, 0) is 9.53 Å². The Balaban J connectivity index is 1.56. The summed E-state index contributed by atoms with van der Waals surface area (Å²) in [6.45, 7) is 0.879. The summed E-state index contributed by atoms with van der Waals surface area (Å²) in [6.07, 6.45) is 6.50. The maximum atomic E-state index is 14.4. The van der Waals surface area contributed by atoms with Crippen molar-refractivity contribution >= 4 is 17.7 Å². The minimum absolute atomic E-state index is 0.0207. The predicted molar refractivity (Wildman–Crippen MR) is 102 cm³/mol. The largest absolute Gasteiger partial charge is 0.370 e. The number of morpholine rings is 1. The Morgan fingerprint density at radius 2 is 2.07 bits per heavy atom. The molecule has 8 nitrogen and oxygen atoms in total. The van der Waals surface area contributed by atoms with Gasteiger partial charge in [-0.2, -0.15) is 0 Å². The summed E-state index contributed by atoms with van der Waals surface area (Å²) >= 11 is 0. The molecule has 0 atom stereocenters. The summed E-state index contributed by atoms with van der Waals surface area (Å²) in [4.78, 5) is 26.3. The van der Waals surface area contributed by atoms with Gasteiger partial charge >= 0.3 is 0 Å². The Morgan fingerprint density at radius 1 is 1.25 bits per heavy atom. The fraction of sp³-hybridized carbons (Fsp3) is 0.474. The number of carbonyl (C=O) groups excluding carboxylic acids is 1. The molecule has 0 bridgehead atoms. The molecule has 9 heteroatoms. The quantitative estimate of drug-likeness (QED) is 0.824. The van der Waals surface area contributed by atoms with Crippen molar-refractivity contribution in [1.82, 2.24) is 15.0 Å². The lowest BCUT2D eigenvalue weighted by molar-refractivity contribution is -0.125. The van der Waals surface area contributed by atoms with Gasteiger partial charge in [0.1, 0.15) is 18.1 Å². The number of aromatic nitrogens is 3. The van der Waals surface area contributed by atoms with Crippen molar-refractivity contribution in [3.8, 4) is 11.3 Å². The van der Waals surface area contributed by atoms with Crippen LogP contribution in [0.2, 0.25) is 0 Å². The molecule has 2 aliphatic rings. The average molecular weight is 386 g/mol. The third kappa shape index (κ3) is 4.10. The summed E-state index contributed by atoms with van der Waals surface area (Å²) in [7, 11) is 0. The van der Waals surface area contributed by atoms with E-state index in [4.69, 9.17) is 10.5 Å². The molecule has 0 aromatic carbocycles. The summed E-state index contributed by atoms with van der Waals surface area (Å²) in [5, 5.41) is 3.28. The number of ether oxygens (including phenoxy) is 1. The highest BCUT2D eigenvalue weighted by molar-refractivity contribution is 5.94. The van der Waals surface area contributed by atoms with Crippen molar-refractivity contribution in [2.24, 2.45) is 5.73 Å². The maximum absolute atomic E-state index is 14.4. The van der Waals surface area contributed by atoms with Gasteiger partial charge in [-0.3, -0.25) is 9.69 Å². The highest BCUT2D eigenvalue weighted by atomic mass is 19.1. The number of rotatable bonds is 4. The van der Waals surface area contributed by atoms with Crippen molar-refractivity contribution in [3.05, 3.63) is 30.3 Å². The van der Waals surface area contributed by atoms with Crippen molar-refractivity contribution < 1.29 is 13.9 Å². The fourth-order valence-electron chi connectivity index (χ4n) is 3.56. The van der Waals surface area contributed by atoms with Gasteiger partial charge in [0.15, 0.2) is 5.82 Å². The number of carbonyl (C=O) groups is 1. The molecule has 0 spiro atoms. The molecule has 0 radical (unpaired) electrons. The van der Waals surface area contributed by atoms with Gasteiger partial charge in [-0.15, -0.1) is 0 Å². The Labute approximate surface area is 162 Å². The first-order valence-electron chi connectivity index (χ1n) is 9.49. The van der Waals surface area contributed by atoms with Crippen LogP contribution >= 0.6 is 0 Å². The number of pyridine rings is 1. The molecule has 1 aliphatic heterocycles. The Hall–Kier alpha value is -2.65. The van der Waals surface area contributed by atoms with Crippen LogP contribution in [0.5, 0.6) is 0 Å². The molecule has 3 heterocycles. The van der Waals surface area contributed by atoms with Gasteiger partial charge in [0.05, 0.1) is 19.3 Å². The van der Waals surface area contributed by atoms with Gasteiger partial charge in [0.25, 0.3) is 5.91 Å². The number of amides is 1. The van der Waals surface area contributed by atoms with E-state index in [1.54, 1.807) is 18.3 Å². The van der Waals surface area contributed by atoms with Crippen LogP contribution in [0.3, 0.4) is 0 Å². The van der Waals surface area contributed by atoms with Crippen LogP contribution in [0.1, 0.15) is 25.7 Å². The van der Waals surface area contributed by atoms with Crippen molar-refractivity contribution in [2.45, 2.75) is 37.8 Å². The summed E-state index contributed by atoms with van der Waals surface area (Å²) in [5.74, 6) is 0.149. The van der Waals surface area contributed by atoms with Gasteiger partial charge in [-0.25, -0.2) is 19.3 Å². The molecule has 4 rings (SSSR count). The van der Waals surface area contributed by atoms with Gasteiger partial charge in [-0.1, -0.05) is 0 Å². The van der Waals surface area contributed by atoms with E-state index >= 15 is 0 Å². The molecule has 1 aliphatic carbocycles. The molecule has 2 aromatic rings. The first-order chi connectivity index (χ1) is 13.6. The number of hydrogen-bond donors (Lipinski definition) is 2. The minimum Gasteiger partial charge on any atom is -0.370 e. The summed E-state index contributed by atoms with van der Waals surface area (Å²) < 4.78 is 19.6. The molecular formula is C19H23FN6O2. The van der Waals surface area contributed by atoms with E-state index in [2.05, 4.69) is 20.3 Å². The summed E-state index contributed by atoms with van der Waals surface area (Å²) in [5.41, 5.74) is 6.66. The first kappa shape index (κ1) is 18.7. The monoisotopic (exact) mass is 386 g/mol. The van der Waals surface area contributed by atoms with Crippen LogP contribution in [0.25, 0.3) is 11.3 Å². The SMILES string of the molecule is NC1CCC(Nc2ncc(F)c(-c3ccnc(N4CCOCC4=O)c3)n2)CC1. The number of nitrogens with two attached hydrogens (primary N) is 1. The number of halogens is 1. The topological polar surface area (TPSA) is 106 Å². The molecule has 28 heavy (non-hydrogen) atoms. The van der Waals surface area contributed by atoms with E-state index in [1.165, 1.54) is 11.1 Å². The Bertz CT molecular complexity index is 856. The van der Waals surface area contributed by atoms with Crippen molar-refractivity contribution in [2.75, 3.05) is 30.0 Å². The van der Waals surface area contributed by atoms with Gasteiger partial charge in [0, 0.05) is 23.8 Å². The van der Waals surface area contributed by atoms with Gasteiger partial charge < -0.3 is 15.8 Å². The second kappa shape index (κ2) is 8.15. The molecule has 1 saturated heterocycles. The van der Waals surface area contributed by atoms with Crippen LogP contribution in [0.15, 0.2) is 24.5 Å². The zero-order chi connectivity index (χ0) is 19.5. The number of nitrogens with zero attached hydrogens (tertiary/aromatic N) is 4. The number of nitrogens with one attached hydrogen (secondary N) is 1. The molecule has 0 unspecified atom stereocenters. The lowest BCUT2D eigenvalue weighted by Gasteiger charge is -2.27. The van der Waals surface area contributed by atoms with Crippen molar-refractivity contribution in [1.29, 1.82) is 0 Å². The average Bonchev–Trinajstić information content (AvgIpc) is 2.71. The van der Waals surface area contributed by atoms with E-state index in [0.717, 1.165) is 25.7 Å². The van der Waals surface area contributed by atoms with Crippen LogP contribution in [-0.4, -0.2) is 52.7 Å². The second-order valence-electron chi connectivity index (χ2n) is 7.15. The molecule has 2 aromatic heterocycles. The Kier molecular flexibility index (Phi) is 5.45. The molecule has 1 amide bonds. The van der Waals surface area contributed by atoms with E-state index in [9.17, 15) is 9.18 Å². The van der Waals surface area contributed by atoms with Crippen LogP contribution in [0, 0.1) is 5.82 Å². The number of hydrogen-bond acceptors (Lipinski definition) is 7. The van der Waals surface area contributed by atoms with E-state index < -0.39 is 5.82 Å². The highest BCUT2D eigenvalue weighted by Gasteiger charge is 2.23.